The molecule has 7 heteroatoms. The SMILES string of the molecule is CC(C)N(Cc1ccccc1)C(=O)COC(=O)CN1C(=O)C2CCCCC2C1=O. The van der Waals surface area contributed by atoms with Crippen molar-refractivity contribution in [3.8, 4) is 0 Å². The van der Waals surface area contributed by atoms with Crippen molar-refractivity contribution >= 4 is 23.7 Å². The van der Waals surface area contributed by atoms with E-state index in [9.17, 15) is 19.2 Å². The van der Waals surface area contributed by atoms with Gasteiger partial charge in [-0.3, -0.25) is 24.1 Å². The monoisotopic (exact) mass is 400 g/mol. The number of esters is 1. The molecule has 2 unspecified atom stereocenters. The van der Waals surface area contributed by atoms with Crippen molar-refractivity contribution in [2.45, 2.75) is 52.1 Å². The molecule has 1 saturated carbocycles. The summed E-state index contributed by atoms with van der Waals surface area (Å²) in [6.45, 7) is 3.38. The molecule has 1 saturated heterocycles. The summed E-state index contributed by atoms with van der Waals surface area (Å²) in [5.74, 6) is -2.21. The highest BCUT2D eigenvalue weighted by atomic mass is 16.5. The van der Waals surface area contributed by atoms with E-state index in [1.165, 1.54) is 0 Å². The second kappa shape index (κ2) is 9.20. The molecule has 0 radical (unpaired) electrons. The lowest BCUT2D eigenvalue weighted by atomic mass is 9.81. The zero-order chi connectivity index (χ0) is 21.0. The minimum atomic E-state index is -0.734. The number of nitrogens with zero attached hydrogens (tertiary/aromatic N) is 2. The maximum absolute atomic E-state index is 12.6. The number of carbonyl (C=O) groups excluding carboxylic acids is 4. The van der Waals surface area contributed by atoms with Gasteiger partial charge in [-0.05, 0) is 32.3 Å². The zero-order valence-corrected chi connectivity index (χ0v) is 17.0. The summed E-state index contributed by atoms with van der Waals surface area (Å²) in [6.07, 6.45) is 3.25. The Morgan fingerprint density at radius 2 is 1.66 bits per heavy atom. The molecule has 2 atom stereocenters. The fourth-order valence-electron chi connectivity index (χ4n) is 4.13. The molecule has 0 bridgehead atoms. The van der Waals surface area contributed by atoms with Gasteiger partial charge < -0.3 is 9.64 Å². The number of carbonyl (C=O) groups is 4. The Morgan fingerprint density at radius 1 is 1.07 bits per heavy atom. The van der Waals surface area contributed by atoms with E-state index in [2.05, 4.69) is 0 Å². The van der Waals surface area contributed by atoms with Gasteiger partial charge in [0.1, 0.15) is 6.54 Å². The fourth-order valence-corrected chi connectivity index (χ4v) is 4.13. The summed E-state index contributed by atoms with van der Waals surface area (Å²) in [4.78, 5) is 52.3. The molecule has 1 aromatic rings. The number of hydrogen-bond donors (Lipinski definition) is 0. The summed E-state index contributed by atoms with van der Waals surface area (Å²) < 4.78 is 5.11. The second-order valence-corrected chi connectivity index (χ2v) is 8.02. The standard InChI is InChI=1S/C22H28N2O5/c1-15(2)23(12-16-8-4-3-5-9-16)19(25)14-29-20(26)13-24-21(27)17-10-6-7-11-18(17)22(24)28/h3-5,8-9,15,17-18H,6-7,10-14H2,1-2H3. The summed E-state index contributed by atoms with van der Waals surface area (Å²) in [6, 6.07) is 9.51. The van der Waals surface area contributed by atoms with E-state index in [0.29, 0.717) is 19.4 Å². The van der Waals surface area contributed by atoms with E-state index >= 15 is 0 Å². The third-order valence-electron chi connectivity index (χ3n) is 5.72. The van der Waals surface area contributed by atoms with Crippen LogP contribution in [0.2, 0.25) is 0 Å². The first-order chi connectivity index (χ1) is 13.9. The van der Waals surface area contributed by atoms with Gasteiger partial charge in [0.05, 0.1) is 11.8 Å². The molecule has 3 rings (SSSR count). The van der Waals surface area contributed by atoms with Crippen LogP contribution in [0.5, 0.6) is 0 Å². The van der Waals surface area contributed by atoms with E-state index in [-0.39, 0.29) is 35.6 Å². The molecular weight excluding hydrogens is 372 g/mol. The Labute approximate surface area is 171 Å². The molecule has 1 aliphatic heterocycles. The van der Waals surface area contributed by atoms with E-state index in [1.54, 1.807) is 4.90 Å². The van der Waals surface area contributed by atoms with Crippen molar-refractivity contribution in [2.24, 2.45) is 11.8 Å². The van der Waals surface area contributed by atoms with Gasteiger partial charge in [-0.1, -0.05) is 43.2 Å². The van der Waals surface area contributed by atoms with Gasteiger partial charge in [0, 0.05) is 12.6 Å². The number of fused-ring (bicyclic) bond motifs is 1. The first kappa shape index (κ1) is 21.0. The molecule has 0 aromatic heterocycles. The quantitative estimate of drug-likeness (QED) is 0.517. The van der Waals surface area contributed by atoms with Crippen molar-refractivity contribution in [3.63, 3.8) is 0 Å². The molecule has 1 heterocycles. The molecule has 3 amide bonds. The Hall–Kier alpha value is -2.70. The average molecular weight is 400 g/mol. The van der Waals surface area contributed by atoms with Crippen molar-refractivity contribution in [1.29, 1.82) is 0 Å². The van der Waals surface area contributed by atoms with Crippen LogP contribution in [0.15, 0.2) is 30.3 Å². The van der Waals surface area contributed by atoms with Crippen LogP contribution >= 0.6 is 0 Å². The first-order valence-corrected chi connectivity index (χ1v) is 10.2. The number of likely N-dealkylation sites (tertiary alicyclic amines) is 1. The summed E-state index contributed by atoms with van der Waals surface area (Å²) in [5, 5.41) is 0. The van der Waals surface area contributed by atoms with Crippen molar-refractivity contribution in [3.05, 3.63) is 35.9 Å². The van der Waals surface area contributed by atoms with Gasteiger partial charge in [0.15, 0.2) is 6.61 Å². The first-order valence-electron chi connectivity index (χ1n) is 10.2. The zero-order valence-electron chi connectivity index (χ0n) is 17.0. The molecule has 2 aliphatic rings. The molecule has 156 valence electrons. The predicted molar refractivity (Wildman–Crippen MR) is 105 cm³/mol. The van der Waals surface area contributed by atoms with E-state index in [0.717, 1.165) is 23.3 Å². The maximum atomic E-state index is 12.6. The third kappa shape index (κ3) is 4.83. The molecule has 1 aliphatic carbocycles. The van der Waals surface area contributed by atoms with Crippen molar-refractivity contribution < 1.29 is 23.9 Å². The highest BCUT2D eigenvalue weighted by Gasteiger charge is 2.48. The van der Waals surface area contributed by atoms with Crippen molar-refractivity contribution in [1.82, 2.24) is 9.80 Å². The number of amides is 3. The molecule has 0 N–H and O–H groups in total. The summed E-state index contributed by atoms with van der Waals surface area (Å²) in [5.41, 5.74) is 0.983. The largest absolute Gasteiger partial charge is 0.454 e. The number of imide groups is 1. The van der Waals surface area contributed by atoms with Crippen LogP contribution in [-0.2, 0) is 30.5 Å². The van der Waals surface area contributed by atoms with Crippen LogP contribution < -0.4 is 0 Å². The highest BCUT2D eigenvalue weighted by Crippen LogP contribution is 2.37. The molecule has 29 heavy (non-hydrogen) atoms. The lowest BCUT2D eigenvalue weighted by molar-refractivity contribution is -0.157. The normalized spacial score (nSPS) is 21.3. The van der Waals surface area contributed by atoms with E-state index in [1.807, 2.05) is 44.2 Å². The van der Waals surface area contributed by atoms with Crippen molar-refractivity contribution in [2.75, 3.05) is 13.2 Å². The predicted octanol–water partition coefficient (Wildman–Crippen LogP) is 2.14. The van der Waals surface area contributed by atoms with Gasteiger partial charge in [-0.25, -0.2) is 0 Å². The molecule has 7 nitrogen and oxygen atoms in total. The number of hydrogen-bond acceptors (Lipinski definition) is 5. The van der Waals surface area contributed by atoms with Crippen LogP contribution in [0.4, 0.5) is 0 Å². The second-order valence-electron chi connectivity index (χ2n) is 8.02. The van der Waals surface area contributed by atoms with Gasteiger partial charge in [0.2, 0.25) is 11.8 Å². The topological polar surface area (TPSA) is 84.0 Å². The minimum Gasteiger partial charge on any atom is -0.454 e. The van der Waals surface area contributed by atoms with Crippen LogP contribution in [0.1, 0.15) is 45.1 Å². The van der Waals surface area contributed by atoms with Gasteiger partial charge in [-0.15, -0.1) is 0 Å². The number of ether oxygens (including phenoxy) is 1. The third-order valence-corrected chi connectivity index (χ3v) is 5.72. The Morgan fingerprint density at radius 3 is 2.21 bits per heavy atom. The van der Waals surface area contributed by atoms with Crippen LogP contribution in [0.3, 0.4) is 0 Å². The highest BCUT2D eigenvalue weighted by molar-refractivity contribution is 6.07. The maximum Gasteiger partial charge on any atom is 0.326 e. The summed E-state index contributed by atoms with van der Waals surface area (Å²) >= 11 is 0. The Kier molecular flexibility index (Phi) is 6.67. The Bertz CT molecular complexity index is 753. The Balaban J connectivity index is 1.53. The molecule has 2 fully saturated rings. The number of benzene rings is 1. The molecule has 1 aromatic carbocycles. The lowest BCUT2D eigenvalue weighted by Gasteiger charge is -2.27. The lowest BCUT2D eigenvalue weighted by Crippen LogP contribution is -2.41. The average Bonchev–Trinajstić information content (AvgIpc) is 2.96. The van der Waals surface area contributed by atoms with Crippen LogP contribution in [0.25, 0.3) is 0 Å². The van der Waals surface area contributed by atoms with Gasteiger partial charge >= 0.3 is 5.97 Å². The number of rotatable bonds is 7. The minimum absolute atomic E-state index is 0.0636. The smallest absolute Gasteiger partial charge is 0.326 e. The van der Waals surface area contributed by atoms with Crippen LogP contribution in [0, 0.1) is 11.8 Å². The van der Waals surface area contributed by atoms with E-state index in [4.69, 9.17) is 4.74 Å². The van der Waals surface area contributed by atoms with Gasteiger partial charge in [-0.2, -0.15) is 0 Å². The van der Waals surface area contributed by atoms with Gasteiger partial charge in [0.25, 0.3) is 5.91 Å². The molecular formula is C22H28N2O5. The fraction of sp³-hybridized carbons (Fsp3) is 0.545. The molecule has 0 spiro atoms. The van der Waals surface area contributed by atoms with E-state index < -0.39 is 19.1 Å². The van der Waals surface area contributed by atoms with Crippen LogP contribution in [-0.4, -0.2) is 52.7 Å². The summed E-state index contributed by atoms with van der Waals surface area (Å²) in [7, 11) is 0.